The highest BCUT2D eigenvalue weighted by molar-refractivity contribution is 5.95. The molecule has 0 unspecified atom stereocenters. The van der Waals surface area contributed by atoms with Crippen LogP contribution in [0.1, 0.15) is 47.9 Å². The Balaban J connectivity index is 1.35. The number of ether oxygens (including phenoxy) is 2. The number of benzene rings is 3. The van der Waals surface area contributed by atoms with Crippen LogP contribution in [-0.4, -0.2) is 16.5 Å². The molecule has 7 heteroatoms. The van der Waals surface area contributed by atoms with E-state index in [4.69, 9.17) is 14.7 Å². The molecule has 6 nitrogen and oxygen atoms in total. The van der Waals surface area contributed by atoms with Gasteiger partial charge in [-0.2, -0.15) is 5.26 Å². The Hall–Kier alpha value is -4.44. The van der Waals surface area contributed by atoms with Gasteiger partial charge in [0, 0.05) is 17.4 Å². The van der Waals surface area contributed by atoms with Crippen LogP contribution >= 0.6 is 0 Å². The van der Waals surface area contributed by atoms with Crippen molar-refractivity contribution in [2.45, 2.75) is 31.9 Å². The maximum atomic E-state index is 13.9. The minimum Gasteiger partial charge on any atom is -0.487 e. The van der Waals surface area contributed by atoms with Crippen LogP contribution in [0.3, 0.4) is 0 Å². The van der Waals surface area contributed by atoms with E-state index in [1.54, 1.807) is 48.5 Å². The molecule has 174 valence electrons. The highest BCUT2D eigenvalue weighted by Crippen LogP contribution is 2.40. The number of pyridine rings is 1. The van der Waals surface area contributed by atoms with Crippen molar-refractivity contribution in [3.8, 4) is 23.3 Å². The van der Waals surface area contributed by atoms with Crippen molar-refractivity contribution >= 4 is 16.8 Å². The summed E-state index contributed by atoms with van der Waals surface area (Å²) >= 11 is 0. The van der Waals surface area contributed by atoms with Crippen molar-refractivity contribution in [3.63, 3.8) is 0 Å². The van der Waals surface area contributed by atoms with Crippen LogP contribution < -0.4 is 14.8 Å². The molecule has 0 saturated heterocycles. The highest BCUT2D eigenvalue weighted by atomic mass is 19.1. The van der Waals surface area contributed by atoms with E-state index in [0.717, 1.165) is 5.39 Å². The van der Waals surface area contributed by atoms with Crippen LogP contribution in [0.4, 0.5) is 4.39 Å². The molecule has 0 fully saturated rings. The number of carbonyl (C=O) groups excluding carboxylic acids is 1. The SMILES string of the molecule is CC1(C)C[C@@H](NC(=O)c2ccc3cc(Oc4ccc(C#N)cc4)ccc3n2)c2cc(F)ccc2O1. The van der Waals surface area contributed by atoms with Crippen LogP contribution in [-0.2, 0) is 0 Å². The largest absolute Gasteiger partial charge is 0.487 e. The molecule has 4 aromatic rings. The average Bonchev–Trinajstić information content (AvgIpc) is 2.84. The Bertz CT molecular complexity index is 1480. The first-order valence-electron chi connectivity index (χ1n) is 11.2. The molecule has 35 heavy (non-hydrogen) atoms. The molecule has 0 aliphatic carbocycles. The number of nitrogens with zero attached hydrogens (tertiary/aromatic N) is 2. The molecule has 0 radical (unpaired) electrons. The predicted octanol–water partition coefficient (Wildman–Crippen LogP) is 6.07. The maximum absolute atomic E-state index is 13.9. The topological polar surface area (TPSA) is 84.2 Å². The normalized spacial score (nSPS) is 16.0. The van der Waals surface area contributed by atoms with Crippen molar-refractivity contribution < 1.29 is 18.7 Å². The molecule has 5 rings (SSSR count). The molecular weight excluding hydrogens is 445 g/mol. The monoisotopic (exact) mass is 467 g/mol. The third-order valence-electron chi connectivity index (χ3n) is 5.85. The lowest BCUT2D eigenvalue weighted by Gasteiger charge is -2.37. The minimum absolute atomic E-state index is 0.264. The number of carbonyl (C=O) groups is 1. The van der Waals surface area contributed by atoms with Gasteiger partial charge in [-0.05, 0) is 80.6 Å². The highest BCUT2D eigenvalue weighted by Gasteiger charge is 2.35. The van der Waals surface area contributed by atoms with Crippen LogP contribution in [0.15, 0.2) is 72.8 Å². The number of nitriles is 1. The second-order valence-electron chi connectivity index (χ2n) is 9.06. The van der Waals surface area contributed by atoms with E-state index in [1.165, 1.54) is 12.1 Å². The molecule has 1 atom stereocenters. The second kappa shape index (κ2) is 8.73. The number of aromatic nitrogens is 1. The van der Waals surface area contributed by atoms with Gasteiger partial charge >= 0.3 is 0 Å². The summed E-state index contributed by atoms with van der Waals surface area (Å²) in [5, 5.41) is 12.7. The van der Waals surface area contributed by atoms with Gasteiger partial charge in [-0.25, -0.2) is 9.37 Å². The van der Waals surface area contributed by atoms with Gasteiger partial charge in [0.2, 0.25) is 0 Å². The van der Waals surface area contributed by atoms with Crippen LogP contribution in [0, 0.1) is 17.1 Å². The molecule has 1 amide bonds. The van der Waals surface area contributed by atoms with Crippen molar-refractivity contribution in [3.05, 3.63) is 95.4 Å². The van der Waals surface area contributed by atoms with Crippen molar-refractivity contribution in [1.29, 1.82) is 5.26 Å². The third kappa shape index (κ3) is 4.78. The van der Waals surface area contributed by atoms with Gasteiger partial charge in [0.15, 0.2) is 0 Å². The molecule has 0 bridgehead atoms. The Kier molecular flexibility index (Phi) is 5.58. The van der Waals surface area contributed by atoms with Gasteiger partial charge in [0.1, 0.15) is 34.4 Å². The molecule has 0 saturated carbocycles. The molecule has 3 aromatic carbocycles. The fraction of sp³-hybridized carbons (Fsp3) is 0.179. The minimum atomic E-state index is -0.509. The summed E-state index contributed by atoms with van der Waals surface area (Å²) in [6.45, 7) is 3.87. The van der Waals surface area contributed by atoms with Gasteiger partial charge in [0.05, 0.1) is 23.2 Å². The number of amides is 1. The Morgan fingerprint density at radius 3 is 2.63 bits per heavy atom. The zero-order valence-electron chi connectivity index (χ0n) is 19.2. The van der Waals surface area contributed by atoms with Gasteiger partial charge in [-0.1, -0.05) is 6.07 Å². The van der Waals surface area contributed by atoms with Gasteiger partial charge < -0.3 is 14.8 Å². The van der Waals surface area contributed by atoms with Crippen LogP contribution in [0.5, 0.6) is 17.2 Å². The Morgan fingerprint density at radius 1 is 1.09 bits per heavy atom. The number of hydrogen-bond acceptors (Lipinski definition) is 5. The van der Waals surface area contributed by atoms with E-state index in [2.05, 4.69) is 16.4 Å². The van der Waals surface area contributed by atoms with Crippen molar-refractivity contribution in [2.75, 3.05) is 0 Å². The molecule has 1 N–H and O–H groups in total. The molecule has 1 aromatic heterocycles. The summed E-state index contributed by atoms with van der Waals surface area (Å²) in [5.41, 5.74) is 1.57. The maximum Gasteiger partial charge on any atom is 0.270 e. The summed E-state index contributed by atoms with van der Waals surface area (Å²) in [6.07, 6.45) is 0.499. The molecule has 0 spiro atoms. The quantitative estimate of drug-likeness (QED) is 0.394. The molecule has 2 heterocycles. The smallest absolute Gasteiger partial charge is 0.270 e. The summed E-state index contributed by atoms with van der Waals surface area (Å²) in [4.78, 5) is 17.6. The third-order valence-corrected chi connectivity index (χ3v) is 5.85. The van der Waals surface area contributed by atoms with Crippen molar-refractivity contribution in [2.24, 2.45) is 0 Å². The number of hydrogen-bond donors (Lipinski definition) is 1. The first-order valence-corrected chi connectivity index (χ1v) is 11.2. The molecule has 1 aliphatic heterocycles. The van der Waals surface area contributed by atoms with Gasteiger partial charge in [-0.3, -0.25) is 4.79 Å². The predicted molar refractivity (Wildman–Crippen MR) is 129 cm³/mol. The lowest BCUT2D eigenvalue weighted by molar-refractivity contribution is 0.0616. The summed E-state index contributed by atoms with van der Waals surface area (Å²) in [7, 11) is 0. The molecular formula is C28H22FN3O3. The standard InChI is InChI=1S/C28H22FN3O3/c1-28(2)15-25(22-14-19(29)6-12-26(22)35-28)32-27(33)24-10-5-18-13-21(9-11-23(18)31-24)34-20-7-3-17(16-30)4-8-20/h3-14,25H,15H2,1-2H3,(H,32,33)/t25-/m1/s1. The van der Waals surface area contributed by atoms with E-state index in [-0.39, 0.29) is 17.4 Å². The summed E-state index contributed by atoms with van der Waals surface area (Å²) in [5.74, 6) is 1.07. The van der Waals surface area contributed by atoms with Gasteiger partial charge in [-0.15, -0.1) is 0 Å². The number of rotatable bonds is 4. The Labute approximate surface area is 201 Å². The number of fused-ring (bicyclic) bond motifs is 2. The first-order chi connectivity index (χ1) is 16.8. The number of halogens is 1. The lowest BCUT2D eigenvalue weighted by Crippen LogP contribution is -2.41. The van der Waals surface area contributed by atoms with E-state index in [9.17, 15) is 9.18 Å². The second-order valence-corrected chi connectivity index (χ2v) is 9.06. The fourth-order valence-electron chi connectivity index (χ4n) is 4.21. The van der Waals surface area contributed by atoms with Crippen LogP contribution in [0.25, 0.3) is 10.9 Å². The molecule has 1 aliphatic rings. The van der Waals surface area contributed by atoms with E-state index < -0.39 is 11.6 Å². The zero-order valence-corrected chi connectivity index (χ0v) is 19.2. The average molecular weight is 468 g/mol. The van der Waals surface area contributed by atoms with E-state index in [1.807, 2.05) is 26.0 Å². The van der Waals surface area contributed by atoms with E-state index >= 15 is 0 Å². The number of nitrogens with one attached hydrogen (secondary N) is 1. The van der Waals surface area contributed by atoms with Crippen molar-refractivity contribution in [1.82, 2.24) is 10.3 Å². The first kappa shape index (κ1) is 22.4. The summed E-state index contributed by atoms with van der Waals surface area (Å²) < 4.78 is 25.7. The Morgan fingerprint density at radius 2 is 1.86 bits per heavy atom. The van der Waals surface area contributed by atoms with Crippen LogP contribution in [0.2, 0.25) is 0 Å². The lowest BCUT2D eigenvalue weighted by atomic mass is 9.89. The summed E-state index contributed by atoms with van der Waals surface area (Å²) in [6, 6.07) is 21.7. The zero-order chi connectivity index (χ0) is 24.6. The fourth-order valence-corrected chi connectivity index (χ4v) is 4.21. The van der Waals surface area contributed by atoms with E-state index in [0.29, 0.717) is 40.3 Å². The van der Waals surface area contributed by atoms with Gasteiger partial charge in [0.25, 0.3) is 5.91 Å².